The fourth-order valence-electron chi connectivity index (χ4n) is 1.93. The normalized spacial score (nSPS) is 18.6. The van der Waals surface area contributed by atoms with Gasteiger partial charge in [-0.1, -0.05) is 0 Å². The van der Waals surface area contributed by atoms with Crippen molar-refractivity contribution in [3.63, 3.8) is 0 Å². The molecule has 1 aromatic carbocycles. The van der Waals surface area contributed by atoms with Crippen molar-refractivity contribution in [1.29, 1.82) is 0 Å². The lowest BCUT2D eigenvalue weighted by Crippen LogP contribution is -2.21. The zero-order valence-corrected chi connectivity index (χ0v) is 9.58. The van der Waals surface area contributed by atoms with Gasteiger partial charge in [0.1, 0.15) is 11.6 Å². The molecule has 1 heterocycles. The van der Waals surface area contributed by atoms with Gasteiger partial charge >= 0.3 is 0 Å². The van der Waals surface area contributed by atoms with Crippen LogP contribution in [-0.2, 0) is 9.47 Å². The minimum absolute atomic E-state index is 0.102. The molecule has 1 aromatic rings. The molecule has 5 heteroatoms. The van der Waals surface area contributed by atoms with Crippen LogP contribution in [0.2, 0.25) is 0 Å². The molecule has 0 aliphatic carbocycles. The van der Waals surface area contributed by atoms with E-state index >= 15 is 0 Å². The van der Waals surface area contributed by atoms with Crippen LogP contribution in [0.5, 0.6) is 0 Å². The highest BCUT2D eigenvalue weighted by atomic mass is 19.1. The van der Waals surface area contributed by atoms with E-state index in [1.165, 1.54) is 12.1 Å². The van der Waals surface area contributed by atoms with Crippen LogP contribution >= 0.6 is 0 Å². The Morgan fingerprint density at radius 3 is 2.35 bits per heavy atom. The highest BCUT2D eigenvalue weighted by Gasteiger charge is 2.24. The molecule has 17 heavy (non-hydrogen) atoms. The Labute approximate surface area is 98.5 Å². The first-order valence-electron chi connectivity index (χ1n) is 5.52. The Bertz CT molecular complexity index is 382. The summed E-state index contributed by atoms with van der Waals surface area (Å²) in [5.41, 5.74) is 6.22. The predicted molar refractivity (Wildman–Crippen MR) is 58.3 cm³/mol. The molecule has 1 aliphatic rings. The van der Waals surface area contributed by atoms with E-state index < -0.39 is 24.0 Å². The Balaban J connectivity index is 2.15. The standard InChI is InChI=1S/C12H15F2NO2/c1-7-4-8(13)12(9(14)5-7)10(15)6-11-16-2-3-17-11/h4-5,10-11H,2-3,6,15H2,1H3. The summed E-state index contributed by atoms with van der Waals surface area (Å²) in [6.07, 6.45) is -0.221. The van der Waals surface area contributed by atoms with Gasteiger partial charge in [-0.3, -0.25) is 0 Å². The second kappa shape index (κ2) is 5.08. The molecule has 1 aliphatic heterocycles. The number of nitrogens with two attached hydrogens (primary N) is 1. The average Bonchev–Trinajstić information content (AvgIpc) is 2.68. The molecule has 2 N–H and O–H groups in total. The fraction of sp³-hybridized carbons (Fsp3) is 0.500. The van der Waals surface area contributed by atoms with Gasteiger partial charge in [-0.15, -0.1) is 0 Å². The molecule has 0 amide bonds. The first kappa shape index (κ1) is 12.4. The van der Waals surface area contributed by atoms with Crippen LogP contribution < -0.4 is 5.73 Å². The van der Waals surface area contributed by atoms with Crippen molar-refractivity contribution >= 4 is 0 Å². The predicted octanol–water partition coefficient (Wildman–Crippen LogP) is 2.04. The molecular weight excluding hydrogens is 228 g/mol. The van der Waals surface area contributed by atoms with Gasteiger partial charge < -0.3 is 15.2 Å². The zero-order valence-electron chi connectivity index (χ0n) is 9.58. The molecular formula is C12H15F2NO2. The third kappa shape index (κ3) is 2.80. The molecule has 0 bridgehead atoms. The van der Waals surface area contributed by atoms with Gasteiger partial charge in [-0.2, -0.15) is 0 Å². The molecule has 94 valence electrons. The maximum atomic E-state index is 13.6. The average molecular weight is 243 g/mol. The van der Waals surface area contributed by atoms with E-state index in [1.54, 1.807) is 6.92 Å². The number of benzene rings is 1. The van der Waals surface area contributed by atoms with E-state index in [1.807, 2.05) is 0 Å². The van der Waals surface area contributed by atoms with Gasteiger partial charge in [-0.25, -0.2) is 8.78 Å². The lowest BCUT2D eigenvalue weighted by molar-refractivity contribution is -0.0510. The third-order valence-electron chi connectivity index (χ3n) is 2.73. The highest BCUT2D eigenvalue weighted by Crippen LogP contribution is 2.25. The molecule has 1 atom stereocenters. The van der Waals surface area contributed by atoms with Crippen molar-refractivity contribution in [1.82, 2.24) is 0 Å². The van der Waals surface area contributed by atoms with Crippen molar-refractivity contribution in [2.24, 2.45) is 5.73 Å². The van der Waals surface area contributed by atoms with E-state index in [0.29, 0.717) is 18.8 Å². The maximum Gasteiger partial charge on any atom is 0.159 e. The number of aryl methyl sites for hydroxylation is 1. The SMILES string of the molecule is Cc1cc(F)c(C(N)CC2OCCO2)c(F)c1. The van der Waals surface area contributed by atoms with Crippen LogP contribution in [0.4, 0.5) is 8.78 Å². The van der Waals surface area contributed by atoms with Gasteiger partial charge in [0, 0.05) is 18.0 Å². The summed E-state index contributed by atoms with van der Waals surface area (Å²) in [5, 5.41) is 0. The summed E-state index contributed by atoms with van der Waals surface area (Å²) >= 11 is 0. The zero-order chi connectivity index (χ0) is 12.4. The summed E-state index contributed by atoms with van der Waals surface area (Å²) < 4.78 is 37.7. The minimum atomic E-state index is -0.765. The third-order valence-corrected chi connectivity index (χ3v) is 2.73. The van der Waals surface area contributed by atoms with Gasteiger partial charge in [0.2, 0.25) is 0 Å². The highest BCUT2D eigenvalue weighted by molar-refractivity contribution is 5.27. The summed E-state index contributed by atoms with van der Waals surface area (Å²) in [5.74, 6) is -1.24. The van der Waals surface area contributed by atoms with E-state index in [9.17, 15) is 8.78 Å². The van der Waals surface area contributed by atoms with Crippen LogP contribution in [0.3, 0.4) is 0 Å². The lowest BCUT2D eigenvalue weighted by Gasteiger charge is -2.17. The van der Waals surface area contributed by atoms with Gasteiger partial charge in [0.25, 0.3) is 0 Å². The van der Waals surface area contributed by atoms with Crippen LogP contribution in [0.1, 0.15) is 23.6 Å². The second-order valence-electron chi connectivity index (χ2n) is 4.16. The topological polar surface area (TPSA) is 44.5 Å². The summed E-state index contributed by atoms with van der Waals surface area (Å²) in [6.45, 7) is 2.62. The molecule has 1 unspecified atom stereocenters. The van der Waals surface area contributed by atoms with Crippen LogP contribution in [-0.4, -0.2) is 19.5 Å². The minimum Gasteiger partial charge on any atom is -0.350 e. The Hall–Kier alpha value is -1.04. The Kier molecular flexibility index (Phi) is 3.71. The van der Waals surface area contributed by atoms with E-state index in [4.69, 9.17) is 15.2 Å². The number of hydrogen-bond acceptors (Lipinski definition) is 3. The van der Waals surface area contributed by atoms with Gasteiger partial charge in [0.05, 0.1) is 13.2 Å². The number of rotatable bonds is 3. The molecule has 0 aromatic heterocycles. The second-order valence-corrected chi connectivity index (χ2v) is 4.16. The Morgan fingerprint density at radius 2 is 1.82 bits per heavy atom. The quantitative estimate of drug-likeness (QED) is 0.883. The molecule has 3 nitrogen and oxygen atoms in total. The van der Waals surface area contributed by atoms with E-state index in [2.05, 4.69) is 0 Å². The number of ether oxygens (including phenoxy) is 2. The lowest BCUT2D eigenvalue weighted by atomic mass is 10.0. The monoisotopic (exact) mass is 243 g/mol. The first-order chi connectivity index (χ1) is 8.08. The maximum absolute atomic E-state index is 13.6. The molecule has 0 spiro atoms. The van der Waals surface area contributed by atoms with Crippen LogP contribution in [0.15, 0.2) is 12.1 Å². The number of halogens is 2. The van der Waals surface area contributed by atoms with Crippen molar-refractivity contribution in [3.05, 3.63) is 34.9 Å². The molecule has 0 saturated carbocycles. The van der Waals surface area contributed by atoms with Crippen LogP contribution in [0, 0.1) is 18.6 Å². The van der Waals surface area contributed by atoms with Crippen LogP contribution in [0.25, 0.3) is 0 Å². The largest absolute Gasteiger partial charge is 0.350 e. The van der Waals surface area contributed by atoms with Crippen molar-refractivity contribution in [2.75, 3.05) is 13.2 Å². The van der Waals surface area contributed by atoms with E-state index in [0.717, 1.165) is 0 Å². The van der Waals surface area contributed by atoms with Crippen molar-refractivity contribution in [3.8, 4) is 0 Å². The smallest absolute Gasteiger partial charge is 0.159 e. The van der Waals surface area contributed by atoms with Crippen molar-refractivity contribution in [2.45, 2.75) is 25.7 Å². The molecule has 1 saturated heterocycles. The molecule has 1 fully saturated rings. The summed E-state index contributed by atoms with van der Waals surface area (Å²) in [6, 6.07) is 1.78. The van der Waals surface area contributed by atoms with E-state index in [-0.39, 0.29) is 12.0 Å². The first-order valence-corrected chi connectivity index (χ1v) is 5.52. The molecule has 2 rings (SSSR count). The number of hydrogen-bond donors (Lipinski definition) is 1. The fourth-order valence-corrected chi connectivity index (χ4v) is 1.93. The van der Waals surface area contributed by atoms with Crippen molar-refractivity contribution < 1.29 is 18.3 Å². The summed E-state index contributed by atoms with van der Waals surface area (Å²) in [7, 11) is 0. The molecule has 0 radical (unpaired) electrons. The van der Waals surface area contributed by atoms with Gasteiger partial charge in [0.15, 0.2) is 6.29 Å². The Morgan fingerprint density at radius 1 is 1.29 bits per heavy atom. The van der Waals surface area contributed by atoms with Gasteiger partial charge in [-0.05, 0) is 24.6 Å². The summed E-state index contributed by atoms with van der Waals surface area (Å²) in [4.78, 5) is 0.